The van der Waals surface area contributed by atoms with E-state index in [2.05, 4.69) is 16.0 Å². The monoisotopic (exact) mass is 509 g/mol. The van der Waals surface area contributed by atoms with Crippen LogP contribution >= 0.6 is 0 Å². The molecule has 12 heteroatoms. The largest absolute Gasteiger partial charge is 0.508 e. The SMILES string of the molecule is CC(C)CC(N)C(=O)NC(Cc1ccc(O)cc1)C(=O)NC(CCCCN)C(=O)NC(CO)C(=O)O. The maximum Gasteiger partial charge on any atom is 0.328 e. The van der Waals surface area contributed by atoms with Gasteiger partial charge >= 0.3 is 5.97 Å². The van der Waals surface area contributed by atoms with E-state index in [4.69, 9.17) is 16.6 Å². The quantitative estimate of drug-likeness (QED) is 0.128. The van der Waals surface area contributed by atoms with Crippen molar-refractivity contribution in [2.24, 2.45) is 17.4 Å². The number of amides is 3. The smallest absolute Gasteiger partial charge is 0.328 e. The van der Waals surface area contributed by atoms with E-state index >= 15 is 0 Å². The first kappa shape index (κ1) is 30.8. The first-order valence-electron chi connectivity index (χ1n) is 12.0. The Hall–Kier alpha value is -3.22. The number of benzene rings is 1. The van der Waals surface area contributed by atoms with Crippen molar-refractivity contribution in [3.05, 3.63) is 29.8 Å². The van der Waals surface area contributed by atoms with Gasteiger partial charge in [0.1, 0.15) is 23.9 Å². The number of nitrogens with one attached hydrogen (secondary N) is 3. The highest BCUT2D eigenvalue weighted by Gasteiger charge is 2.30. The van der Waals surface area contributed by atoms with E-state index in [1.54, 1.807) is 12.1 Å². The Morgan fingerprint density at radius 1 is 0.889 bits per heavy atom. The van der Waals surface area contributed by atoms with Crippen LogP contribution in [0.4, 0.5) is 0 Å². The van der Waals surface area contributed by atoms with Crippen LogP contribution in [0.15, 0.2) is 24.3 Å². The zero-order chi connectivity index (χ0) is 27.3. The Morgan fingerprint density at radius 2 is 1.44 bits per heavy atom. The van der Waals surface area contributed by atoms with Crippen molar-refractivity contribution in [1.82, 2.24) is 16.0 Å². The molecule has 0 aliphatic carbocycles. The van der Waals surface area contributed by atoms with Gasteiger partial charge in [-0.2, -0.15) is 0 Å². The summed E-state index contributed by atoms with van der Waals surface area (Å²) in [5.74, 6) is -3.21. The number of carboxylic acids is 1. The van der Waals surface area contributed by atoms with Gasteiger partial charge in [0.05, 0.1) is 12.6 Å². The van der Waals surface area contributed by atoms with Gasteiger partial charge < -0.3 is 42.7 Å². The molecule has 0 radical (unpaired) electrons. The van der Waals surface area contributed by atoms with E-state index in [9.17, 15) is 29.4 Å². The molecule has 4 atom stereocenters. The molecule has 3 amide bonds. The fourth-order valence-electron chi connectivity index (χ4n) is 3.46. The van der Waals surface area contributed by atoms with E-state index < -0.39 is 54.5 Å². The summed E-state index contributed by atoms with van der Waals surface area (Å²) in [7, 11) is 0. The molecule has 1 aromatic rings. The maximum absolute atomic E-state index is 13.2. The van der Waals surface area contributed by atoms with Gasteiger partial charge in [-0.05, 0) is 55.8 Å². The number of carbonyl (C=O) groups excluding carboxylic acids is 3. The fraction of sp³-hybridized carbons (Fsp3) is 0.583. The highest BCUT2D eigenvalue weighted by Crippen LogP contribution is 2.13. The summed E-state index contributed by atoms with van der Waals surface area (Å²) in [4.78, 5) is 49.9. The Balaban J connectivity index is 3.10. The number of nitrogens with two attached hydrogens (primary N) is 2. The average Bonchev–Trinajstić information content (AvgIpc) is 2.81. The lowest BCUT2D eigenvalue weighted by Crippen LogP contribution is -2.58. The van der Waals surface area contributed by atoms with Crippen molar-refractivity contribution >= 4 is 23.7 Å². The summed E-state index contributed by atoms with van der Waals surface area (Å²) in [6.07, 6.45) is 1.66. The predicted octanol–water partition coefficient (Wildman–Crippen LogP) is -1.03. The highest BCUT2D eigenvalue weighted by atomic mass is 16.4. The maximum atomic E-state index is 13.2. The molecular formula is C24H39N5O7. The second-order valence-corrected chi connectivity index (χ2v) is 9.10. The fourth-order valence-corrected chi connectivity index (χ4v) is 3.46. The van der Waals surface area contributed by atoms with Gasteiger partial charge in [0.15, 0.2) is 0 Å². The van der Waals surface area contributed by atoms with Crippen LogP contribution in [-0.4, -0.2) is 76.3 Å². The number of hydrogen-bond acceptors (Lipinski definition) is 8. The molecule has 12 nitrogen and oxygen atoms in total. The lowest BCUT2D eigenvalue weighted by atomic mass is 10.0. The van der Waals surface area contributed by atoms with Crippen LogP contribution in [0.3, 0.4) is 0 Å². The summed E-state index contributed by atoms with van der Waals surface area (Å²) >= 11 is 0. The van der Waals surface area contributed by atoms with Gasteiger partial charge in [-0.15, -0.1) is 0 Å². The van der Waals surface area contributed by atoms with Crippen LogP contribution in [-0.2, 0) is 25.6 Å². The van der Waals surface area contributed by atoms with Gasteiger partial charge in [-0.3, -0.25) is 14.4 Å². The topological polar surface area (TPSA) is 217 Å². The Labute approximate surface area is 210 Å². The van der Waals surface area contributed by atoms with Gasteiger partial charge in [0.25, 0.3) is 0 Å². The molecule has 0 heterocycles. The van der Waals surface area contributed by atoms with Crippen LogP contribution < -0.4 is 27.4 Å². The molecule has 10 N–H and O–H groups in total. The molecule has 0 fully saturated rings. The third-order valence-corrected chi connectivity index (χ3v) is 5.45. The van der Waals surface area contributed by atoms with Crippen LogP contribution in [0, 0.1) is 5.92 Å². The molecule has 1 aromatic carbocycles. The molecule has 0 spiro atoms. The van der Waals surface area contributed by atoms with Crippen LogP contribution in [0.1, 0.15) is 45.1 Å². The summed E-state index contributed by atoms with van der Waals surface area (Å²) in [5, 5.41) is 35.3. The second kappa shape index (κ2) is 15.7. The number of aliphatic carboxylic acids is 1. The molecule has 1 rings (SSSR count). The van der Waals surface area contributed by atoms with Crippen LogP contribution in [0.5, 0.6) is 5.75 Å². The normalized spacial score (nSPS) is 14.4. The number of carbonyl (C=O) groups is 4. The lowest BCUT2D eigenvalue weighted by Gasteiger charge is -2.25. The molecule has 0 saturated heterocycles. The van der Waals surface area contributed by atoms with Crippen molar-refractivity contribution in [1.29, 1.82) is 0 Å². The minimum Gasteiger partial charge on any atom is -0.508 e. The number of carboxylic acid groups (broad SMARTS) is 1. The van der Waals surface area contributed by atoms with Gasteiger partial charge in [0.2, 0.25) is 17.7 Å². The van der Waals surface area contributed by atoms with E-state index in [-0.39, 0.29) is 24.5 Å². The summed E-state index contributed by atoms with van der Waals surface area (Å²) in [5.41, 5.74) is 12.1. The molecule has 4 unspecified atom stereocenters. The zero-order valence-electron chi connectivity index (χ0n) is 20.8. The number of rotatable bonds is 16. The number of phenols is 1. The van der Waals surface area contributed by atoms with Crippen LogP contribution in [0.2, 0.25) is 0 Å². The predicted molar refractivity (Wildman–Crippen MR) is 133 cm³/mol. The number of aliphatic hydroxyl groups is 1. The number of phenolic OH excluding ortho intramolecular Hbond substituents is 1. The Kier molecular flexibility index (Phi) is 13.4. The summed E-state index contributed by atoms with van der Waals surface area (Å²) < 4.78 is 0. The van der Waals surface area contributed by atoms with Crippen LogP contribution in [0.25, 0.3) is 0 Å². The molecule has 0 bridgehead atoms. The summed E-state index contributed by atoms with van der Waals surface area (Å²) in [6.45, 7) is 3.37. The molecule has 36 heavy (non-hydrogen) atoms. The Bertz CT molecular complexity index is 863. The molecule has 0 aliphatic rings. The molecule has 0 aromatic heterocycles. The number of aromatic hydroxyl groups is 1. The molecule has 0 saturated carbocycles. The highest BCUT2D eigenvalue weighted by molar-refractivity contribution is 5.94. The van der Waals surface area contributed by atoms with Crippen molar-refractivity contribution in [3.63, 3.8) is 0 Å². The first-order chi connectivity index (χ1) is 17.0. The van der Waals surface area contributed by atoms with Gasteiger partial charge in [-0.1, -0.05) is 26.0 Å². The minimum atomic E-state index is -1.53. The second-order valence-electron chi connectivity index (χ2n) is 9.10. The van der Waals surface area contributed by atoms with E-state index in [1.165, 1.54) is 12.1 Å². The number of unbranched alkanes of at least 4 members (excludes halogenated alkanes) is 1. The van der Waals surface area contributed by atoms with Crippen molar-refractivity contribution < 1.29 is 34.5 Å². The third kappa shape index (κ3) is 11.0. The molecule has 202 valence electrons. The lowest BCUT2D eigenvalue weighted by molar-refractivity contribution is -0.143. The van der Waals surface area contributed by atoms with E-state index in [1.807, 2.05) is 13.8 Å². The summed E-state index contributed by atoms with van der Waals surface area (Å²) in [6, 6.07) is 1.48. The van der Waals surface area contributed by atoms with Gasteiger partial charge in [0, 0.05) is 6.42 Å². The van der Waals surface area contributed by atoms with Crippen molar-refractivity contribution in [2.75, 3.05) is 13.2 Å². The van der Waals surface area contributed by atoms with E-state index in [0.29, 0.717) is 31.4 Å². The van der Waals surface area contributed by atoms with Crippen molar-refractivity contribution in [3.8, 4) is 5.75 Å². The van der Waals surface area contributed by atoms with Gasteiger partial charge in [-0.25, -0.2) is 4.79 Å². The molecule has 0 aliphatic heterocycles. The number of aliphatic hydroxyl groups excluding tert-OH is 1. The Morgan fingerprint density at radius 3 is 1.97 bits per heavy atom. The standard InChI is InChI=1S/C24H39N5O7/c1-14(2)11-17(26)21(32)28-19(12-15-6-8-16(31)9-7-15)23(34)27-18(5-3-4-10-25)22(33)29-20(13-30)24(35)36/h6-9,14,17-20,30-31H,3-5,10-13,25-26H2,1-2H3,(H,27,34)(H,28,32)(H,29,33)(H,35,36). The third-order valence-electron chi connectivity index (χ3n) is 5.45. The number of hydrogen-bond donors (Lipinski definition) is 8. The average molecular weight is 510 g/mol. The van der Waals surface area contributed by atoms with E-state index in [0.717, 1.165) is 0 Å². The van der Waals surface area contributed by atoms with Crippen molar-refractivity contribution in [2.45, 2.75) is 70.1 Å². The zero-order valence-corrected chi connectivity index (χ0v) is 20.8. The first-order valence-corrected chi connectivity index (χ1v) is 12.0. The molecular weight excluding hydrogens is 470 g/mol. The minimum absolute atomic E-state index is 0.0382.